The summed E-state index contributed by atoms with van der Waals surface area (Å²) in [4.78, 5) is 14.2. The van der Waals surface area contributed by atoms with Gasteiger partial charge in [0, 0.05) is 25.0 Å². The molecule has 0 aliphatic rings. The van der Waals surface area contributed by atoms with Crippen LogP contribution < -0.4 is 5.32 Å². The van der Waals surface area contributed by atoms with Crippen LogP contribution in [0.5, 0.6) is 0 Å². The van der Waals surface area contributed by atoms with Gasteiger partial charge in [-0.1, -0.05) is 39.3 Å². The number of carbonyl (C=O) groups excluding carboxylic acids is 1. The van der Waals surface area contributed by atoms with Crippen molar-refractivity contribution in [2.75, 3.05) is 18.4 Å². The number of hydrogen-bond acceptors (Lipinski definition) is 3. The van der Waals surface area contributed by atoms with Crippen LogP contribution in [0, 0.1) is 23.2 Å². The largest absolute Gasteiger partial charge is 0.417 e. The summed E-state index contributed by atoms with van der Waals surface area (Å²) in [5.74, 6) is -0.146. The zero-order valence-electron chi connectivity index (χ0n) is 15.7. The van der Waals surface area contributed by atoms with Crippen molar-refractivity contribution in [3.63, 3.8) is 0 Å². The molecule has 27 heavy (non-hydrogen) atoms. The highest BCUT2D eigenvalue weighted by atomic mass is 35.5. The van der Waals surface area contributed by atoms with Gasteiger partial charge in [-0.25, -0.2) is 0 Å². The third-order valence-corrected chi connectivity index (χ3v) is 3.74. The number of anilines is 1. The Morgan fingerprint density at radius 3 is 2.26 bits per heavy atom. The lowest BCUT2D eigenvalue weighted by atomic mass is 10.1. The van der Waals surface area contributed by atoms with Crippen molar-refractivity contribution in [2.45, 2.75) is 33.9 Å². The Kier molecular flexibility index (Phi) is 8.17. The Morgan fingerprint density at radius 2 is 1.81 bits per heavy atom. The minimum atomic E-state index is -4.64. The van der Waals surface area contributed by atoms with Crippen molar-refractivity contribution in [3.05, 3.63) is 40.6 Å². The van der Waals surface area contributed by atoms with E-state index in [0.717, 1.165) is 12.1 Å². The zero-order chi connectivity index (χ0) is 20.8. The summed E-state index contributed by atoms with van der Waals surface area (Å²) in [6, 6.07) is 4.87. The summed E-state index contributed by atoms with van der Waals surface area (Å²) in [5.41, 5.74) is -1.32. The number of amides is 1. The fourth-order valence-corrected chi connectivity index (χ4v) is 2.68. The third kappa shape index (κ3) is 7.51. The minimum Gasteiger partial charge on any atom is -0.376 e. The maximum Gasteiger partial charge on any atom is 0.417 e. The highest BCUT2D eigenvalue weighted by molar-refractivity contribution is 6.31. The first-order chi connectivity index (χ1) is 12.4. The van der Waals surface area contributed by atoms with Crippen LogP contribution in [-0.2, 0) is 11.0 Å². The van der Waals surface area contributed by atoms with Gasteiger partial charge >= 0.3 is 6.18 Å². The van der Waals surface area contributed by atoms with Gasteiger partial charge < -0.3 is 10.2 Å². The standard InChI is InChI=1S/C19H23ClF3N3O/c1-12(2)9-26(10-13(3)4)11-14(8-24)18(27)25-15-5-6-17(20)16(7-15)19(21,22)23/h5-7,11-13H,9-10H2,1-4H3,(H,25,27)/b14-11-. The molecule has 148 valence electrons. The molecule has 0 atom stereocenters. The molecule has 1 N–H and O–H groups in total. The normalized spacial score (nSPS) is 12.3. The summed E-state index contributed by atoms with van der Waals surface area (Å²) >= 11 is 5.57. The minimum absolute atomic E-state index is 0.0860. The molecular formula is C19H23ClF3N3O. The Hall–Kier alpha value is -2.20. The van der Waals surface area contributed by atoms with E-state index in [9.17, 15) is 23.2 Å². The molecule has 8 heteroatoms. The average molecular weight is 402 g/mol. The predicted molar refractivity (Wildman–Crippen MR) is 100 cm³/mol. The molecule has 0 saturated carbocycles. The molecule has 1 aromatic rings. The van der Waals surface area contributed by atoms with Crippen molar-refractivity contribution in [3.8, 4) is 6.07 Å². The van der Waals surface area contributed by atoms with Crippen LogP contribution in [0.4, 0.5) is 18.9 Å². The Labute approximate surface area is 162 Å². The summed E-state index contributed by atoms with van der Waals surface area (Å²) in [6.45, 7) is 9.35. The van der Waals surface area contributed by atoms with Crippen LogP contribution in [0.15, 0.2) is 30.0 Å². The maximum atomic E-state index is 12.9. The quantitative estimate of drug-likeness (QED) is 0.497. The molecule has 4 nitrogen and oxygen atoms in total. The van der Waals surface area contributed by atoms with E-state index in [1.165, 1.54) is 12.3 Å². The number of alkyl halides is 3. The van der Waals surface area contributed by atoms with E-state index in [1.807, 2.05) is 38.7 Å². The molecule has 0 saturated heterocycles. The number of nitrogens with zero attached hydrogens (tertiary/aromatic N) is 2. The first-order valence-electron chi connectivity index (χ1n) is 8.48. The fourth-order valence-electron chi connectivity index (χ4n) is 2.46. The number of nitriles is 1. The summed E-state index contributed by atoms with van der Waals surface area (Å²) in [7, 11) is 0. The lowest BCUT2D eigenvalue weighted by molar-refractivity contribution is -0.137. The van der Waals surface area contributed by atoms with Crippen molar-refractivity contribution >= 4 is 23.2 Å². The zero-order valence-corrected chi connectivity index (χ0v) is 16.4. The van der Waals surface area contributed by atoms with Gasteiger partial charge in [0.15, 0.2) is 0 Å². The predicted octanol–water partition coefficient (Wildman–Crippen LogP) is 5.32. The third-order valence-electron chi connectivity index (χ3n) is 3.41. The second kappa shape index (κ2) is 9.65. The Morgan fingerprint density at radius 1 is 1.26 bits per heavy atom. The van der Waals surface area contributed by atoms with Gasteiger partial charge in [0.05, 0.1) is 10.6 Å². The van der Waals surface area contributed by atoms with Crippen LogP contribution in [0.1, 0.15) is 33.3 Å². The highest BCUT2D eigenvalue weighted by Crippen LogP contribution is 2.36. The van der Waals surface area contributed by atoms with Crippen LogP contribution in [0.3, 0.4) is 0 Å². The van der Waals surface area contributed by atoms with Gasteiger partial charge in [-0.05, 0) is 30.0 Å². The number of carbonyl (C=O) groups is 1. The lowest BCUT2D eigenvalue weighted by Crippen LogP contribution is -2.28. The maximum absolute atomic E-state index is 12.9. The molecule has 0 heterocycles. The van der Waals surface area contributed by atoms with Gasteiger partial charge in [-0.3, -0.25) is 4.79 Å². The second-order valence-electron chi connectivity index (χ2n) is 7.04. The van der Waals surface area contributed by atoms with Crippen molar-refractivity contribution in [1.82, 2.24) is 4.90 Å². The lowest BCUT2D eigenvalue weighted by Gasteiger charge is -2.25. The van der Waals surface area contributed by atoms with Gasteiger partial charge in [-0.2, -0.15) is 18.4 Å². The smallest absolute Gasteiger partial charge is 0.376 e. The molecule has 0 aromatic heterocycles. The molecule has 0 aliphatic heterocycles. The summed E-state index contributed by atoms with van der Waals surface area (Å²) < 4.78 is 38.8. The van der Waals surface area contributed by atoms with Gasteiger partial charge in [0.25, 0.3) is 5.91 Å². The molecule has 1 aromatic carbocycles. The number of nitrogens with one attached hydrogen (secondary N) is 1. The van der Waals surface area contributed by atoms with Crippen molar-refractivity contribution in [1.29, 1.82) is 5.26 Å². The van der Waals surface area contributed by atoms with E-state index in [1.54, 1.807) is 0 Å². The van der Waals surface area contributed by atoms with Crippen LogP contribution in [0.2, 0.25) is 5.02 Å². The molecular weight excluding hydrogens is 379 g/mol. The SMILES string of the molecule is CC(C)CN(/C=C(/C#N)C(=O)Nc1ccc(Cl)c(C(F)(F)F)c1)CC(C)C. The highest BCUT2D eigenvalue weighted by Gasteiger charge is 2.33. The second-order valence-corrected chi connectivity index (χ2v) is 7.45. The number of halogens is 4. The van der Waals surface area contributed by atoms with Gasteiger partial charge in [-0.15, -0.1) is 0 Å². The first-order valence-corrected chi connectivity index (χ1v) is 8.85. The molecule has 1 rings (SSSR count). The van der Waals surface area contributed by atoms with E-state index in [-0.39, 0.29) is 11.3 Å². The fraction of sp³-hybridized carbons (Fsp3) is 0.474. The number of hydrogen-bond donors (Lipinski definition) is 1. The van der Waals surface area contributed by atoms with E-state index in [0.29, 0.717) is 24.9 Å². The molecule has 0 bridgehead atoms. The number of rotatable bonds is 7. The Balaban J connectivity index is 3.06. The molecule has 0 aliphatic carbocycles. The Bertz CT molecular complexity index is 727. The molecule has 0 fully saturated rings. The van der Waals surface area contributed by atoms with Crippen molar-refractivity contribution in [2.24, 2.45) is 11.8 Å². The molecule has 0 spiro atoms. The van der Waals surface area contributed by atoms with Crippen LogP contribution in [0.25, 0.3) is 0 Å². The molecule has 1 amide bonds. The number of benzene rings is 1. The summed E-state index contributed by atoms with van der Waals surface area (Å²) in [6.07, 6.45) is -3.19. The van der Waals surface area contributed by atoms with E-state index < -0.39 is 22.7 Å². The van der Waals surface area contributed by atoms with Crippen molar-refractivity contribution < 1.29 is 18.0 Å². The van der Waals surface area contributed by atoms with Crippen LogP contribution in [-0.4, -0.2) is 23.9 Å². The summed E-state index contributed by atoms with van der Waals surface area (Å²) in [5, 5.41) is 11.2. The first kappa shape index (κ1) is 22.8. The van der Waals surface area contributed by atoms with E-state index in [4.69, 9.17) is 11.6 Å². The monoisotopic (exact) mass is 401 g/mol. The van der Waals surface area contributed by atoms with Gasteiger partial charge in [0.2, 0.25) is 0 Å². The van der Waals surface area contributed by atoms with E-state index >= 15 is 0 Å². The average Bonchev–Trinajstić information content (AvgIpc) is 2.51. The van der Waals surface area contributed by atoms with Gasteiger partial charge in [0.1, 0.15) is 11.6 Å². The van der Waals surface area contributed by atoms with Crippen LogP contribution >= 0.6 is 11.6 Å². The topological polar surface area (TPSA) is 56.1 Å². The molecule has 0 unspecified atom stereocenters. The molecule has 0 radical (unpaired) electrons. The van der Waals surface area contributed by atoms with E-state index in [2.05, 4.69) is 5.32 Å².